The van der Waals surface area contributed by atoms with Gasteiger partial charge in [-0.2, -0.15) is 0 Å². The molecule has 2 rings (SSSR count). The lowest BCUT2D eigenvalue weighted by Crippen LogP contribution is -2.34. The first-order chi connectivity index (χ1) is 9.74. The zero-order valence-electron chi connectivity index (χ0n) is 13.2. The van der Waals surface area contributed by atoms with Gasteiger partial charge in [-0.05, 0) is 39.5 Å². The quantitative estimate of drug-likeness (QED) is 0.822. The number of rotatable bonds is 7. The van der Waals surface area contributed by atoms with E-state index in [1.165, 1.54) is 37.0 Å². The molecular weight excluding hydrogens is 266 g/mol. The van der Waals surface area contributed by atoms with Crippen LogP contribution in [0.3, 0.4) is 0 Å². The van der Waals surface area contributed by atoms with Crippen molar-refractivity contribution >= 4 is 16.5 Å². The van der Waals surface area contributed by atoms with Crippen molar-refractivity contribution in [1.29, 1.82) is 0 Å². The predicted molar refractivity (Wildman–Crippen MR) is 88.6 cm³/mol. The van der Waals surface area contributed by atoms with E-state index in [0.29, 0.717) is 6.04 Å². The highest BCUT2D eigenvalue weighted by molar-refractivity contribution is 7.15. The van der Waals surface area contributed by atoms with E-state index in [0.717, 1.165) is 30.7 Å². The summed E-state index contributed by atoms with van der Waals surface area (Å²) in [5, 5.41) is 4.87. The number of aromatic nitrogens is 1. The lowest BCUT2D eigenvalue weighted by atomic mass is 9.84. The molecule has 0 saturated heterocycles. The molecule has 1 aliphatic rings. The number of hydrogen-bond acceptors (Lipinski definition) is 4. The summed E-state index contributed by atoms with van der Waals surface area (Å²) >= 11 is 1.83. The van der Waals surface area contributed by atoms with Crippen LogP contribution in [0.4, 0.5) is 5.13 Å². The van der Waals surface area contributed by atoms with Crippen LogP contribution < -0.4 is 10.2 Å². The number of thiazole rings is 1. The molecule has 1 atom stereocenters. The zero-order chi connectivity index (χ0) is 14.4. The van der Waals surface area contributed by atoms with Gasteiger partial charge in [0.1, 0.15) is 0 Å². The second-order valence-electron chi connectivity index (χ2n) is 5.85. The second kappa shape index (κ2) is 7.99. The van der Waals surface area contributed by atoms with Crippen molar-refractivity contribution in [3.63, 3.8) is 0 Å². The van der Waals surface area contributed by atoms with E-state index in [-0.39, 0.29) is 0 Å². The molecule has 4 heteroatoms. The third-order valence-electron chi connectivity index (χ3n) is 4.53. The van der Waals surface area contributed by atoms with Gasteiger partial charge in [0, 0.05) is 36.8 Å². The predicted octanol–water partition coefficient (Wildman–Crippen LogP) is 4.05. The molecule has 20 heavy (non-hydrogen) atoms. The van der Waals surface area contributed by atoms with Gasteiger partial charge in [0.25, 0.3) is 0 Å². The van der Waals surface area contributed by atoms with Crippen LogP contribution in [0.5, 0.6) is 0 Å². The van der Waals surface area contributed by atoms with Crippen molar-refractivity contribution in [2.75, 3.05) is 18.0 Å². The van der Waals surface area contributed by atoms with Crippen molar-refractivity contribution in [2.45, 2.75) is 65.5 Å². The van der Waals surface area contributed by atoms with Crippen LogP contribution in [-0.2, 0) is 6.54 Å². The molecule has 0 unspecified atom stereocenters. The van der Waals surface area contributed by atoms with Crippen LogP contribution in [0.25, 0.3) is 0 Å². The lowest BCUT2D eigenvalue weighted by Gasteiger charge is -2.28. The minimum absolute atomic E-state index is 0.634. The van der Waals surface area contributed by atoms with E-state index in [1.54, 1.807) is 0 Å². The minimum Gasteiger partial charge on any atom is -0.349 e. The summed E-state index contributed by atoms with van der Waals surface area (Å²) in [6.07, 6.45) is 9.13. The summed E-state index contributed by atoms with van der Waals surface area (Å²) in [5.74, 6) is 0.874. The van der Waals surface area contributed by atoms with Crippen LogP contribution in [0.2, 0.25) is 0 Å². The fourth-order valence-electron chi connectivity index (χ4n) is 3.08. The highest BCUT2D eigenvalue weighted by atomic mass is 32.1. The summed E-state index contributed by atoms with van der Waals surface area (Å²) in [6.45, 7) is 9.77. The average Bonchev–Trinajstić information content (AvgIpc) is 2.96. The molecule has 1 fully saturated rings. The zero-order valence-corrected chi connectivity index (χ0v) is 14.0. The molecule has 0 spiro atoms. The third kappa shape index (κ3) is 4.19. The molecule has 1 aromatic rings. The molecular formula is C16H29N3S. The van der Waals surface area contributed by atoms with Crippen molar-refractivity contribution in [3.8, 4) is 0 Å². The highest BCUT2D eigenvalue weighted by Crippen LogP contribution is 2.27. The summed E-state index contributed by atoms with van der Waals surface area (Å²) in [4.78, 5) is 8.23. The normalized spacial score (nSPS) is 18.1. The molecule has 0 amide bonds. The fourth-order valence-corrected chi connectivity index (χ4v) is 4.07. The maximum absolute atomic E-state index is 4.55. The van der Waals surface area contributed by atoms with Crippen LogP contribution in [0, 0.1) is 5.92 Å². The number of nitrogens with one attached hydrogen (secondary N) is 1. The molecule has 1 aromatic heterocycles. The summed E-state index contributed by atoms with van der Waals surface area (Å²) < 4.78 is 0. The Balaban J connectivity index is 1.81. The molecule has 1 saturated carbocycles. The highest BCUT2D eigenvalue weighted by Gasteiger charge is 2.19. The van der Waals surface area contributed by atoms with Gasteiger partial charge in [0.2, 0.25) is 0 Å². The first-order valence-electron chi connectivity index (χ1n) is 8.17. The Bertz CT molecular complexity index is 381. The maximum atomic E-state index is 4.55. The van der Waals surface area contributed by atoms with E-state index in [9.17, 15) is 0 Å². The lowest BCUT2D eigenvalue weighted by molar-refractivity contribution is 0.281. The van der Waals surface area contributed by atoms with Crippen LogP contribution in [-0.4, -0.2) is 24.1 Å². The largest absolute Gasteiger partial charge is 0.349 e. The van der Waals surface area contributed by atoms with Gasteiger partial charge in [-0.25, -0.2) is 4.98 Å². The van der Waals surface area contributed by atoms with Gasteiger partial charge in [0.15, 0.2) is 5.13 Å². The third-order valence-corrected chi connectivity index (χ3v) is 5.59. The van der Waals surface area contributed by atoms with E-state index in [1.807, 2.05) is 17.5 Å². The second-order valence-corrected chi connectivity index (χ2v) is 6.94. The molecule has 3 nitrogen and oxygen atoms in total. The van der Waals surface area contributed by atoms with Gasteiger partial charge >= 0.3 is 0 Å². The molecule has 1 aliphatic carbocycles. The molecule has 0 aromatic carbocycles. The number of hydrogen-bond donors (Lipinski definition) is 1. The summed E-state index contributed by atoms with van der Waals surface area (Å²) in [5.41, 5.74) is 0. The molecule has 0 radical (unpaired) electrons. The molecule has 114 valence electrons. The summed E-state index contributed by atoms with van der Waals surface area (Å²) in [7, 11) is 0. The Morgan fingerprint density at radius 2 is 2.00 bits per heavy atom. The average molecular weight is 295 g/mol. The SMILES string of the molecule is CCN(CC)c1ncc(CN[C@@H](C)C2CCCCC2)s1. The van der Waals surface area contributed by atoms with Crippen LogP contribution in [0.1, 0.15) is 57.8 Å². The van der Waals surface area contributed by atoms with E-state index in [4.69, 9.17) is 0 Å². The van der Waals surface area contributed by atoms with Gasteiger partial charge < -0.3 is 10.2 Å². The first kappa shape index (κ1) is 15.8. The van der Waals surface area contributed by atoms with Crippen molar-refractivity contribution in [3.05, 3.63) is 11.1 Å². The molecule has 1 heterocycles. The van der Waals surface area contributed by atoms with Gasteiger partial charge in [0.05, 0.1) is 0 Å². The Morgan fingerprint density at radius 1 is 1.30 bits per heavy atom. The van der Waals surface area contributed by atoms with Crippen LogP contribution >= 0.6 is 11.3 Å². The van der Waals surface area contributed by atoms with Crippen molar-refractivity contribution in [1.82, 2.24) is 10.3 Å². The topological polar surface area (TPSA) is 28.2 Å². The van der Waals surface area contributed by atoms with E-state index >= 15 is 0 Å². The van der Waals surface area contributed by atoms with Gasteiger partial charge in [-0.1, -0.05) is 19.3 Å². The maximum Gasteiger partial charge on any atom is 0.185 e. The van der Waals surface area contributed by atoms with Gasteiger partial charge in [-0.3, -0.25) is 0 Å². The molecule has 0 aliphatic heterocycles. The smallest absolute Gasteiger partial charge is 0.185 e. The molecule has 0 bridgehead atoms. The van der Waals surface area contributed by atoms with Crippen molar-refractivity contribution in [2.24, 2.45) is 5.92 Å². The Labute approximate surface area is 127 Å². The number of anilines is 1. The summed E-state index contributed by atoms with van der Waals surface area (Å²) in [6, 6.07) is 0.634. The monoisotopic (exact) mass is 295 g/mol. The number of nitrogens with zero attached hydrogens (tertiary/aromatic N) is 2. The minimum atomic E-state index is 0.634. The Hall–Kier alpha value is -0.610. The standard InChI is InChI=1S/C16H29N3S/c1-4-19(5-2)16-18-12-15(20-16)11-17-13(3)14-9-7-6-8-10-14/h12-14,17H,4-11H2,1-3H3/t13-/m0/s1. The van der Waals surface area contributed by atoms with Crippen molar-refractivity contribution < 1.29 is 0 Å². The van der Waals surface area contributed by atoms with E-state index < -0.39 is 0 Å². The van der Waals surface area contributed by atoms with E-state index in [2.05, 4.69) is 36.0 Å². The fraction of sp³-hybridized carbons (Fsp3) is 0.812. The van der Waals surface area contributed by atoms with Crippen LogP contribution in [0.15, 0.2) is 6.20 Å². The first-order valence-corrected chi connectivity index (χ1v) is 8.99. The van der Waals surface area contributed by atoms with Gasteiger partial charge in [-0.15, -0.1) is 11.3 Å². The Morgan fingerprint density at radius 3 is 2.65 bits per heavy atom. The Kier molecular flexibility index (Phi) is 6.30. The molecule has 1 N–H and O–H groups in total.